The molecular weight excluding hydrogens is 399 g/mol. The number of aromatic nitrogens is 3. The van der Waals surface area contributed by atoms with E-state index >= 15 is 0 Å². The van der Waals surface area contributed by atoms with Crippen molar-refractivity contribution in [3.63, 3.8) is 0 Å². The molecule has 0 unspecified atom stereocenters. The Morgan fingerprint density at radius 2 is 1.64 bits per heavy atom. The van der Waals surface area contributed by atoms with Crippen molar-refractivity contribution in [2.45, 2.75) is 6.54 Å². The molecule has 4 rings (SSSR count). The van der Waals surface area contributed by atoms with Gasteiger partial charge in [0.05, 0.1) is 5.69 Å². The summed E-state index contributed by atoms with van der Waals surface area (Å²) < 4.78 is 1.48. The van der Waals surface area contributed by atoms with E-state index in [9.17, 15) is 9.90 Å². The maximum atomic E-state index is 11.3. The zero-order valence-electron chi connectivity index (χ0n) is 14.4. The van der Waals surface area contributed by atoms with Gasteiger partial charge in [-0.1, -0.05) is 47.5 Å². The second-order valence-electron chi connectivity index (χ2n) is 6.12. The van der Waals surface area contributed by atoms with Gasteiger partial charge in [-0.05, 0) is 29.8 Å². The Bertz CT molecular complexity index is 1160. The molecule has 0 saturated carbocycles. The standard InChI is InChI=1S/C20H14Cl2N4O2/c21-14-5-1-12(2-6-14)11-23-18-9-16(13-3-7-15(22)8-4-13)24-19-10-17(20(27)28)25-26(18)19/h1-10,23H,11H2,(H,27,28). The fraction of sp³-hybridized carbons (Fsp3) is 0.0500. The van der Waals surface area contributed by atoms with E-state index in [1.807, 2.05) is 42.5 Å². The number of carboxylic acid groups (broad SMARTS) is 1. The van der Waals surface area contributed by atoms with Gasteiger partial charge in [0.25, 0.3) is 0 Å². The molecule has 0 spiro atoms. The molecule has 6 nitrogen and oxygen atoms in total. The Kier molecular flexibility index (Phi) is 4.90. The number of hydrogen-bond acceptors (Lipinski definition) is 4. The topological polar surface area (TPSA) is 79.5 Å². The fourth-order valence-corrected chi connectivity index (χ4v) is 3.02. The molecule has 0 fully saturated rings. The smallest absolute Gasteiger partial charge is 0.356 e. The van der Waals surface area contributed by atoms with Crippen LogP contribution in [0.15, 0.2) is 60.7 Å². The first-order valence-electron chi connectivity index (χ1n) is 8.38. The number of carboxylic acids is 1. The Hall–Kier alpha value is -3.09. The lowest BCUT2D eigenvalue weighted by atomic mass is 10.1. The lowest BCUT2D eigenvalue weighted by molar-refractivity contribution is 0.0690. The SMILES string of the molecule is O=C(O)c1cc2nc(-c3ccc(Cl)cc3)cc(NCc3ccc(Cl)cc3)n2n1. The summed E-state index contributed by atoms with van der Waals surface area (Å²) in [4.78, 5) is 15.9. The quantitative estimate of drug-likeness (QED) is 0.481. The second kappa shape index (κ2) is 7.50. The third-order valence-corrected chi connectivity index (χ3v) is 4.68. The molecule has 2 N–H and O–H groups in total. The highest BCUT2D eigenvalue weighted by Gasteiger charge is 2.14. The Morgan fingerprint density at radius 3 is 2.29 bits per heavy atom. The van der Waals surface area contributed by atoms with Crippen LogP contribution in [0.5, 0.6) is 0 Å². The minimum Gasteiger partial charge on any atom is -0.476 e. The first-order valence-corrected chi connectivity index (χ1v) is 9.13. The lowest BCUT2D eigenvalue weighted by Crippen LogP contribution is -2.07. The average Bonchev–Trinajstić information content (AvgIpc) is 3.12. The first kappa shape index (κ1) is 18.3. The Balaban J connectivity index is 1.76. The van der Waals surface area contributed by atoms with Crippen molar-refractivity contribution < 1.29 is 9.90 Å². The maximum absolute atomic E-state index is 11.3. The highest BCUT2D eigenvalue weighted by Crippen LogP contribution is 2.25. The van der Waals surface area contributed by atoms with Crippen LogP contribution in [-0.4, -0.2) is 25.7 Å². The van der Waals surface area contributed by atoms with Gasteiger partial charge >= 0.3 is 5.97 Å². The van der Waals surface area contributed by atoms with E-state index in [2.05, 4.69) is 15.4 Å². The average molecular weight is 413 g/mol. The summed E-state index contributed by atoms with van der Waals surface area (Å²) in [6, 6.07) is 18.0. The van der Waals surface area contributed by atoms with E-state index in [0.29, 0.717) is 33.7 Å². The molecule has 0 radical (unpaired) electrons. The summed E-state index contributed by atoms with van der Waals surface area (Å²) in [5.74, 6) is -0.486. The van der Waals surface area contributed by atoms with E-state index in [4.69, 9.17) is 23.2 Å². The molecule has 0 aliphatic heterocycles. The summed E-state index contributed by atoms with van der Waals surface area (Å²) in [5, 5.41) is 18.0. The molecule has 0 aliphatic carbocycles. The number of carbonyl (C=O) groups is 1. The number of nitrogens with zero attached hydrogens (tertiary/aromatic N) is 3. The summed E-state index contributed by atoms with van der Waals surface area (Å²) >= 11 is 11.9. The van der Waals surface area contributed by atoms with Crippen LogP contribution in [-0.2, 0) is 6.54 Å². The summed E-state index contributed by atoms with van der Waals surface area (Å²) in [7, 11) is 0. The van der Waals surface area contributed by atoms with Gasteiger partial charge in [-0.3, -0.25) is 0 Å². The minimum absolute atomic E-state index is 0.0738. The molecule has 8 heteroatoms. The largest absolute Gasteiger partial charge is 0.476 e. The fourth-order valence-electron chi connectivity index (χ4n) is 2.77. The molecule has 2 aromatic heterocycles. The van der Waals surface area contributed by atoms with Crippen LogP contribution in [0.3, 0.4) is 0 Å². The van der Waals surface area contributed by atoms with E-state index in [1.165, 1.54) is 10.6 Å². The highest BCUT2D eigenvalue weighted by molar-refractivity contribution is 6.30. The van der Waals surface area contributed by atoms with E-state index in [-0.39, 0.29) is 5.69 Å². The molecule has 0 atom stereocenters. The van der Waals surface area contributed by atoms with E-state index < -0.39 is 5.97 Å². The second-order valence-corrected chi connectivity index (χ2v) is 6.99. The van der Waals surface area contributed by atoms with Crippen molar-refractivity contribution in [1.29, 1.82) is 0 Å². The predicted octanol–water partition coefficient (Wildman–Crippen LogP) is 5.01. The third-order valence-electron chi connectivity index (χ3n) is 4.17. The van der Waals surface area contributed by atoms with Crippen LogP contribution in [0.25, 0.3) is 16.9 Å². The molecule has 0 aliphatic rings. The minimum atomic E-state index is -1.11. The number of rotatable bonds is 5. The first-order chi connectivity index (χ1) is 13.5. The van der Waals surface area contributed by atoms with Crippen molar-refractivity contribution >= 4 is 40.6 Å². The van der Waals surface area contributed by atoms with Gasteiger partial charge in [0, 0.05) is 34.3 Å². The van der Waals surface area contributed by atoms with Crippen LogP contribution in [0, 0.1) is 0 Å². The van der Waals surface area contributed by atoms with E-state index in [0.717, 1.165) is 11.1 Å². The van der Waals surface area contributed by atoms with Gasteiger partial charge in [-0.15, -0.1) is 0 Å². The van der Waals surface area contributed by atoms with E-state index in [1.54, 1.807) is 12.1 Å². The van der Waals surface area contributed by atoms with Gasteiger partial charge in [-0.25, -0.2) is 9.78 Å². The molecule has 2 heterocycles. The van der Waals surface area contributed by atoms with Crippen molar-refractivity contribution in [3.8, 4) is 11.3 Å². The predicted molar refractivity (Wildman–Crippen MR) is 109 cm³/mol. The molecule has 0 saturated heterocycles. The van der Waals surface area contributed by atoms with Crippen LogP contribution < -0.4 is 5.32 Å². The van der Waals surface area contributed by atoms with Crippen LogP contribution in [0.4, 0.5) is 5.82 Å². The van der Waals surface area contributed by atoms with Gasteiger partial charge in [-0.2, -0.15) is 9.61 Å². The number of nitrogens with one attached hydrogen (secondary N) is 1. The van der Waals surface area contributed by atoms with Crippen molar-refractivity contribution in [2.75, 3.05) is 5.32 Å². The molecule has 28 heavy (non-hydrogen) atoms. The maximum Gasteiger partial charge on any atom is 0.356 e. The Labute approximate surface area is 170 Å². The number of anilines is 1. The molecule has 0 bridgehead atoms. The van der Waals surface area contributed by atoms with Gasteiger partial charge in [0.1, 0.15) is 5.82 Å². The van der Waals surface area contributed by atoms with Gasteiger partial charge in [0.15, 0.2) is 11.3 Å². The Morgan fingerprint density at radius 1 is 1.00 bits per heavy atom. The van der Waals surface area contributed by atoms with Crippen LogP contribution >= 0.6 is 23.2 Å². The number of hydrogen-bond donors (Lipinski definition) is 2. The molecule has 2 aromatic carbocycles. The van der Waals surface area contributed by atoms with Crippen molar-refractivity contribution in [1.82, 2.24) is 14.6 Å². The molecular formula is C20H14Cl2N4O2. The number of halogens is 2. The number of benzene rings is 2. The van der Waals surface area contributed by atoms with Crippen molar-refractivity contribution in [2.24, 2.45) is 0 Å². The number of aromatic carboxylic acids is 1. The van der Waals surface area contributed by atoms with Gasteiger partial charge in [0.2, 0.25) is 0 Å². The number of fused-ring (bicyclic) bond motifs is 1. The van der Waals surface area contributed by atoms with Crippen LogP contribution in [0.1, 0.15) is 16.1 Å². The van der Waals surface area contributed by atoms with Crippen molar-refractivity contribution in [3.05, 3.63) is 82.0 Å². The highest BCUT2D eigenvalue weighted by atomic mass is 35.5. The zero-order valence-corrected chi connectivity index (χ0v) is 15.9. The molecule has 0 amide bonds. The summed E-state index contributed by atoms with van der Waals surface area (Å²) in [6.45, 7) is 0.513. The lowest BCUT2D eigenvalue weighted by Gasteiger charge is -2.11. The van der Waals surface area contributed by atoms with Crippen LogP contribution in [0.2, 0.25) is 10.0 Å². The normalized spacial score (nSPS) is 10.9. The monoisotopic (exact) mass is 412 g/mol. The third kappa shape index (κ3) is 3.78. The zero-order chi connectivity index (χ0) is 19.7. The molecule has 4 aromatic rings. The summed E-state index contributed by atoms with van der Waals surface area (Å²) in [5.41, 5.74) is 2.92. The van der Waals surface area contributed by atoms with Gasteiger partial charge < -0.3 is 10.4 Å². The molecule has 140 valence electrons. The summed E-state index contributed by atoms with van der Waals surface area (Å²) in [6.07, 6.45) is 0.